The molecule has 1 aliphatic rings. The molecular weight excluding hydrogens is 242 g/mol. The van der Waals surface area contributed by atoms with Crippen molar-refractivity contribution in [3.63, 3.8) is 0 Å². The average molecular weight is 273 g/mol. The van der Waals surface area contributed by atoms with Gasteiger partial charge in [0, 0.05) is 5.54 Å². The molecule has 2 rings (SSSR count). The van der Waals surface area contributed by atoms with Gasteiger partial charge in [-0.3, -0.25) is 0 Å². The normalized spacial score (nSPS) is 27.6. The summed E-state index contributed by atoms with van der Waals surface area (Å²) in [7, 11) is 0. The topological polar surface area (TPSA) is 26.0 Å². The second-order valence-electron chi connectivity index (χ2n) is 7.34. The van der Waals surface area contributed by atoms with Crippen molar-refractivity contribution in [2.75, 3.05) is 0 Å². The maximum Gasteiger partial charge on any atom is 0.0195 e. The van der Waals surface area contributed by atoms with Gasteiger partial charge in [-0.15, -0.1) is 0 Å². The molecule has 0 saturated heterocycles. The van der Waals surface area contributed by atoms with Crippen molar-refractivity contribution in [3.8, 4) is 0 Å². The number of benzene rings is 1. The van der Waals surface area contributed by atoms with Gasteiger partial charge in [0.15, 0.2) is 0 Å². The molecule has 1 aliphatic carbocycles. The van der Waals surface area contributed by atoms with Crippen molar-refractivity contribution in [1.82, 2.24) is 0 Å². The quantitative estimate of drug-likeness (QED) is 0.788. The molecule has 112 valence electrons. The molecule has 2 N–H and O–H groups in total. The van der Waals surface area contributed by atoms with Gasteiger partial charge in [-0.1, -0.05) is 44.9 Å². The molecular formula is C19H31N. The van der Waals surface area contributed by atoms with E-state index < -0.39 is 0 Å². The van der Waals surface area contributed by atoms with Crippen molar-refractivity contribution in [2.45, 2.75) is 71.8 Å². The molecule has 1 heteroatoms. The summed E-state index contributed by atoms with van der Waals surface area (Å²) in [5.41, 5.74) is 11.1. The third-order valence-electron chi connectivity index (χ3n) is 5.38. The SMILES string of the molecule is Cc1cccc(C)c1CC1(N)CCCC(C(C)C)CC1. The smallest absolute Gasteiger partial charge is 0.0195 e. The number of rotatable bonds is 3. The monoisotopic (exact) mass is 273 g/mol. The van der Waals surface area contributed by atoms with Crippen LogP contribution in [0.3, 0.4) is 0 Å². The van der Waals surface area contributed by atoms with E-state index in [0.717, 1.165) is 18.3 Å². The molecule has 0 spiro atoms. The highest BCUT2D eigenvalue weighted by atomic mass is 14.7. The predicted molar refractivity (Wildman–Crippen MR) is 88.0 cm³/mol. The van der Waals surface area contributed by atoms with Crippen LogP contribution in [0.4, 0.5) is 0 Å². The third kappa shape index (κ3) is 3.63. The van der Waals surface area contributed by atoms with E-state index in [-0.39, 0.29) is 5.54 Å². The summed E-state index contributed by atoms with van der Waals surface area (Å²) >= 11 is 0. The average Bonchev–Trinajstić information content (AvgIpc) is 2.57. The van der Waals surface area contributed by atoms with Crippen molar-refractivity contribution in [1.29, 1.82) is 0 Å². The van der Waals surface area contributed by atoms with Gasteiger partial charge < -0.3 is 5.73 Å². The predicted octanol–water partition coefficient (Wildman–Crippen LogP) is 4.78. The minimum Gasteiger partial charge on any atom is -0.325 e. The summed E-state index contributed by atoms with van der Waals surface area (Å²) in [5, 5.41) is 0. The summed E-state index contributed by atoms with van der Waals surface area (Å²) in [5.74, 6) is 1.68. The number of nitrogens with two attached hydrogens (primary N) is 1. The molecule has 0 aliphatic heterocycles. The van der Waals surface area contributed by atoms with E-state index in [4.69, 9.17) is 5.73 Å². The fourth-order valence-electron chi connectivity index (χ4n) is 3.78. The van der Waals surface area contributed by atoms with E-state index in [1.165, 1.54) is 48.8 Å². The molecule has 1 fully saturated rings. The van der Waals surface area contributed by atoms with Crippen LogP contribution in [0, 0.1) is 25.7 Å². The first-order valence-electron chi connectivity index (χ1n) is 8.25. The molecule has 1 aromatic carbocycles. The van der Waals surface area contributed by atoms with Gasteiger partial charge in [0.05, 0.1) is 0 Å². The van der Waals surface area contributed by atoms with E-state index in [2.05, 4.69) is 45.9 Å². The van der Waals surface area contributed by atoms with Gasteiger partial charge in [-0.05, 0) is 68.1 Å². The third-order valence-corrected chi connectivity index (χ3v) is 5.38. The number of hydrogen-bond acceptors (Lipinski definition) is 1. The Hall–Kier alpha value is -0.820. The molecule has 0 heterocycles. The zero-order chi connectivity index (χ0) is 14.8. The lowest BCUT2D eigenvalue weighted by atomic mass is 9.81. The van der Waals surface area contributed by atoms with E-state index >= 15 is 0 Å². The molecule has 0 bridgehead atoms. The van der Waals surface area contributed by atoms with E-state index in [1.54, 1.807) is 0 Å². The second kappa shape index (κ2) is 6.30. The maximum absolute atomic E-state index is 6.79. The van der Waals surface area contributed by atoms with Gasteiger partial charge >= 0.3 is 0 Å². The Labute approximate surface area is 125 Å². The Morgan fingerprint density at radius 3 is 2.40 bits per heavy atom. The Bertz CT molecular complexity index is 429. The Morgan fingerprint density at radius 2 is 1.80 bits per heavy atom. The van der Waals surface area contributed by atoms with Crippen LogP contribution < -0.4 is 5.73 Å². The van der Waals surface area contributed by atoms with Crippen molar-refractivity contribution < 1.29 is 0 Å². The second-order valence-corrected chi connectivity index (χ2v) is 7.34. The molecule has 0 amide bonds. The van der Waals surface area contributed by atoms with Crippen LogP contribution >= 0.6 is 0 Å². The first kappa shape index (κ1) is 15.6. The molecule has 0 aromatic heterocycles. The lowest BCUT2D eigenvalue weighted by molar-refractivity contribution is 0.321. The zero-order valence-electron chi connectivity index (χ0n) is 13.7. The molecule has 1 saturated carbocycles. The van der Waals surface area contributed by atoms with Gasteiger partial charge in [0.1, 0.15) is 0 Å². The first-order valence-corrected chi connectivity index (χ1v) is 8.25. The van der Waals surface area contributed by atoms with Gasteiger partial charge in [-0.2, -0.15) is 0 Å². The van der Waals surface area contributed by atoms with E-state index in [0.29, 0.717) is 0 Å². The molecule has 0 radical (unpaired) electrons. The lowest BCUT2D eigenvalue weighted by Gasteiger charge is -2.30. The summed E-state index contributed by atoms with van der Waals surface area (Å²) < 4.78 is 0. The van der Waals surface area contributed by atoms with Crippen molar-refractivity contribution >= 4 is 0 Å². The van der Waals surface area contributed by atoms with Gasteiger partial charge in [0.2, 0.25) is 0 Å². The van der Waals surface area contributed by atoms with Crippen molar-refractivity contribution in [2.24, 2.45) is 17.6 Å². The van der Waals surface area contributed by atoms with Crippen LogP contribution in [0.5, 0.6) is 0 Å². The number of hydrogen-bond donors (Lipinski definition) is 1. The molecule has 2 unspecified atom stereocenters. The van der Waals surface area contributed by atoms with Gasteiger partial charge in [-0.25, -0.2) is 0 Å². The van der Waals surface area contributed by atoms with Crippen LogP contribution in [0.1, 0.15) is 62.6 Å². The highest BCUT2D eigenvalue weighted by Gasteiger charge is 2.31. The fourth-order valence-corrected chi connectivity index (χ4v) is 3.78. The van der Waals surface area contributed by atoms with Crippen molar-refractivity contribution in [3.05, 3.63) is 34.9 Å². The molecule has 20 heavy (non-hydrogen) atoms. The Kier molecular flexibility index (Phi) is 4.90. The van der Waals surface area contributed by atoms with E-state index in [9.17, 15) is 0 Å². The van der Waals surface area contributed by atoms with Crippen LogP contribution in [0.2, 0.25) is 0 Å². The lowest BCUT2D eigenvalue weighted by Crippen LogP contribution is -2.42. The van der Waals surface area contributed by atoms with Crippen LogP contribution in [0.15, 0.2) is 18.2 Å². The highest BCUT2D eigenvalue weighted by Crippen LogP contribution is 2.35. The van der Waals surface area contributed by atoms with Crippen LogP contribution in [-0.4, -0.2) is 5.54 Å². The summed E-state index contributed by atoms with van der Waals surface area (Å²) in [6.07, 6.45) is 7.39. The van der Waals surface area contributed by atoms with Crippen LogP contribution in [-0.2, 0) is 6.42 Å². The molecule has 1 nitrogen and oxygen atoms in total. The standard InChI is InChI=1S/C19H31N/c1-14(2)17-9-6-11-19(20,12-10-17)13-18-15(3)7-5-8-16(18)4/h5,7-8,14,17H,6,9-13,20H2,1-4H3. The Morgan fingerprint density at radius 1 is 1.15 bits per heavy atom. The van der Waals surface area contributed by atoms with Crippen LogP contribution in [0.25, 0.3) is 0 Å². The molecule has 1 aromatic rings. The summed E-state index contributed by atoms with van der Waals surface area (Å²) in [6, 6.07) is 6.60. The summed E-state index contributed by atoms with van der Waals surface area (Å²) in [4.78, 5) is 0. The largest absolute Gasteiger partial charge is 0.325 e. The zero-order valence-corrected chi connectivity index (χ0v) is 13.7. The maximum atomic E-state index is 6.79. The minimum absolute atomic E-state index is 0.0144. The highest BCUT2D eigenvalue weighted by molar-refractivity contribution is 5.35. The number of aryl methyl sites for hydroxylation is 2. The fraction of sp³-hybridized carbons (Fsp3) is 0.684. The van der Waals surface area contributed by atoms with E-state index in [1.807, 2.05) is 0 Å². The molecule has 2 atom stereocenters. The Balaban J connectivity index is 2.11. The minimum atomic E-state index is 0.0144. The first-order chi connectivity index (χ1) is 9.41. The summed E-state index contributed by atoms with van der Waals surface area (Å²) in [6.45, 7) is 9.16. The van der Waals surface area contributed by atoms with Gasteiger partial charge in [0.25, 0.3) is 0 Å².